The third kappa shape index (κ3) is 4.80. The van der Waals surface area contributed by atoms with Crippen molar-refractivity contribution in [3.05, 3.63) is 36.2 Å². The van der Waals surface area contributed by atoms with Gasteiger partial charge in [0.1, 0.15) is 18.2 Å². The van der Waals surface area contributed by atoms with Gasteiger partial charge in [-0.3, -0.25) is 0 Å². The van der Waals surface area contributed by atoms with Crippen molar-refractivity contribution in [1.82, 2.24) is 4.31 Å². The lowest BCUT2D eigenvalue weighted by atomic mass is 10.3. The van der Waals surface area contributed by atoms with Gasteiger partial charge in [0.2, 0.25) is 10.0 Å². The second-order valence-corrected chi connectivity index (χ2v) is 6.17. The molecule has 0 amide bonds. The molecule has 1 aromatic rings. The maximum absolute atomic E-state index is 13.1. The van der Waals surface area contributed by atoms with Crippen LogP contribution in [-0.2, 0) is 10.0 Å². The molecule has 0 saturated carbocycles. The van der Waals surface area contributed by atoms with E-state index in [1.165, 1.54) is 34.6 Å². The molecule has 2 N–H and O–H groups in total. The minimum absolute atomic E-state index is 0.107. The Bertz CT molecular complexity index is 566. The summed E-state index contributed by atoms with van der Waals surface area (Å²) in [4.78, 5) is 0.191. The zero-order chi connectivity index (χ0) is 15.9. The van der Waals surface area contributed by atoms with Gasteiger partial charge in [0.25, 0.3) is 0 Å². The first kappa shape index (κ1) is 17.6. The summed E-state index contributed by atoms with van der Waals surface area (Å²) >= 11 is 0. The van der Waals surface area contributed by atoms with E-state index in [2.05, 4.69) is 0 Å². The summed E-state index contributed by atoms with van der Waals surface area (Å²) < 4.78 is 44.2. The van der Waals surface area contributed by atoms with E-state index in [4.69, 9.17) is 10.5 Å². The van der Waals surface area contributed by atoms with Gasteiger partial charge in [0.15, 0.2) is 0 Å². The molecule has 21 heavy (non-hydrogen) atoms. The predicted molar refractivity (Wildman–Crippen MR) is 80.3 cm³/mol. The number of hydrogen-bond donors (Lipinski definition) is 1. The Kier molecular flexibility index (Phi) is 6.80. The van der Waals surface area contributed by atoms with Crippen LogP contribution < -0.4 is 10.5 Å². The van der Waals surface area contributed by atoms with Gasteiger partial charge in [-0.05, 0) is 30.3 Å². The van der Waals surface area contributed by atoms with Gasteiger partial charge < -0.3 is 10.5 Å². The first-order valence-electron chi connectivity index (χ1n) is 6.73. The average Bonchev–Trinajstić information content (AvgIpc) is 2.47. The number of nitrogens with zero attached hydrogens (tertiary/aromatic N) is 1. The number of halogens is 1. The van der Waals surface area contributed by atoms with Crippen molar-refractivity contribution < 1.29 is 17.5 Å². The molecule has 0 aromatic heterocycles. The molecular weight excluding hydrogens is 295 g/mol. The Hall–Kier alpha value is -1.44. The minimum Gasteiger partial charge on any atom is -0.487 e. The molecule has 0 radical (unpaired) electrons. The van der Waals surface area contributed by atoms with E-state index < -0.39 is 15.9 Å². The summed E-state index contributed by atoms with van der Waals surface area (Å²) in [6, 6.07) is 5.92. The lowest BCUT2D eigenvalue weighted by molar-refractivity contribution is 0.318. The monoisotopic (exact) mass is 316 g/mol. The standard InChI is InChI=1S/C14H21FN2O3S/c1-3-17(4-2)21(18,19)14-7-5-13(6-8-14)20-11-12(15)9-10-16/h5-9H,3-4,10-11,16H2,1-2H3/b12-9-. The SMILES string of the molecule is CCN(CC)S(=O)(=O)c1ccc(OC/C(F)=C/CN)cc1. The molecule has 1 aromatic carbocycles. The van der Waals surface area contributed by atoms with Gasteiger partial charge in [0.05, 0.1) is 4.90 Å². The Morgan fingerprint density at radius 3 is 2.33 bits per heavy atom. The molecule has 0 saturated heterocycles. The van der Waals surface area contributed by atoms with E-state index in [1.54, 1.807) is 13.8 Å². The van der Waals surface area contributed by atoms with E-state index in [0.29, 0.717) is 18.8 Å². The number of ether oxygens (including phenoxy) is 1. The normalized spacial score (nSPS) is 12.7. The van der Waals surface area contributed by atoms with E-state index in [0.717, 1.165) is 0 Å². The van der Waals surface area contributed by atoms with Gasteiger partial charge in [-0.1, -0.05) is 13.8 Å². The smallest absolute Gasteiger partial charge is 0.243 e. The summed E-state index contributed by atoms with van der Waals surface area (Å²) in [5, 5.41) is 0. The fraction of sp³-hybridized carbons (Fsp3) is 0.429. The maximum Gasteiger partial charge on any atom is 0.243 e. The first-order chi connectivity index (χ1) is 9.95. The Balaban J connectivity index is 2.81. The third-order valence-corrected chi connectivity index (χ3v) is 4.95. The molecule has 1 rings (SSSR count). The van der Waals surface area contributed by atoms with Crippen molar-refractivity contribution in [2.45, 2.75) is 18.7 Å². The van der Waals surface area contributed by atoms with Gasteiger partial charge in [-0.2, -0.15) is 4.31 Å². The van der Waals surface area contributed by atoms with Crippen LogP contribution in [0.1, 0.15) is 13.8 Å². The highest BCUT2D eigenvalue weighted by molar-refractivity contribution is 7.89. The number of rotatable bonds is 8. The molecule has 0 spiro atoms. The summed E-state index contributed by atoms with van der Waals surface area (Å²) in [6.45, 7) is 4.27. The largest absolute Gasteiger partial charge is 0.487 e. The van der Waals surface area contributed by atoms with Crippen molar-refractivity contribution in [3.63, 3.8) is 0 Å². The molecule has 0 aliphatic rings. The second kappa shape index (κ2) is 8.11. The summed E-state index contributed by atoms with van der Waals surface area (Å²) in [5.41, 5.74) is 5.18. The number of sulfonamides is 1. The molecular formula is C14H21FN2O3S. The lowest BCUT2D eigenvalue weighted by Crippen LogP contribution is -2.30. The van der Waals surface area contributed by atoms with Crippen LogP contribution in [0.3, 0.4) is 0 Å². The zero-order valence-corrected chi connectivity index (χ0v) is 13.1. The molecule has 0 atom stereocenters. The fourth-order valence-corrected chi connectivity index (χ4v) is 3.22. The van der Waals surface area contributed by atoms with Crippen LogP contribution in [0.15, 0.2) is 41.1 Å². The third-order valence-electron chi connectivity index (χ3n) is 2.88. The van der Waals surface area contributed by atoms with E-state index >= 15 is 0 Å². The highest BCUT2D eigenvalue weighted by Crippen LogP contribution is 2.19. The van der Waals surface area contributed by atoms with Crippen LogP contribution in [0.25, 0.3) is 0 Å². The highest BCUT2D eigenvalue weighted by atomic mass is 32.2. The van der Waals surface area contributed by atoms with E-state index in [-0.39, 0.29) is 18.0 Å². The number of hydrogen-bond acceptors (Lipinski definition) is 4. The van der Waals surface area contributed by atoms with E-state index in [1.807, 2.05) is 0 Å². The van der Waals surface area contributed by atoms with Crippen LogP contribution in [0.2, 0.25) is 0 Å². The molecule has 118 valence electrons. The minimum atomic E-state index is -3.48. The van der Waals surface area contributed by atoms with Crippen LogP contribution in [0, 0.1) is 0 Å². The molecule has 0 aliphatic heterocycles. The van der Waals surface area contributed by atoms with E-state index in [9.17, 15) is 12.8 Å². The summed E-state index contributed by atoms with van der Waals surface area (Å²) in [5.74, 6) is -0.0635. The van der Waals surface area contributed by atoms with Gasteiger partial charge in [0, 0.05) is 19.6 Å². The predicted octanol–water partition coefficient (Wildman–Crippen LogP) is 1.91. The number of benzene rings is 1. The average molecular weight is 316 g/mol. The number of nitrogens with two attached hydrogens (primary N) is 1. The first-order valence-corrected chi connectivity index (χ1v) is 8.17. The zero-order valence-electron chi connectivity index (χ0n) is 12.3. The molecule has 5 nitrogen and oxygen atoms in total. The van der Waals surface area contributed by atoms with Crippen molar-refractivity contribution in [2.24, 2.45) is 5.73 Å². The molecule has 0 bridgehead atoms. The fourth-order valence-electron chi connectivity index (χ4n) is 1.76. The molecule has 0 heterocycles. The van der Waals surface area contributed by atoms with Crippen LogP contribution >= 0.6 is 0 Å². The van der Waals surface area contributed by atoms with Gasteiger partial charge in [-0.15, -0.1) is 0 Å². The maximum atomic E-state index is 13.1. The topological polar surface area (TPSA) is 72.6 Å². The van der Waals surface area contributed by atoms with Crippen LogP contribution in [-0.4, -0.2) is 39.0 Å². The molecule has 0 fully saturated rings. The molecule has 0 unspecified atom stereocenters. The van der Waals surface area contributed by atoms with Crippen molar-refractivity contribution >= 4 is 10.0 Å². The lowest BCUT2D eigenvalue weighted by Gasteiger charge is -2.18. The molecule has 7 heteroatoms. The summed E-state index contributed by atoms with van der Waals surface area (Å²) in [7, 11) is -3.48. The second-order valence-electron chi connectivity index (χ2n) is 4.24. The van der Waals surface area contributed by atoms with Gasteiger partial charge in [-0.25, -0.2) is 12.8 Å². The van der Waals surface area contributed by atoms with Crippen molar-refractivity contribution in [1.29, 1.82) is 0 Å². The Labute approximate surface area is 125 Å². The van der Waals surface area contributed by atoms with Gasteiger partial charge >= 0.3 is 0 Å². The molecule has 0 aliphatic carbocycles. The quantitative estimate of drug-likeness (QED) is 0.795. The Morgan fingerprint density at radius 2 is 1.86 bits per heavy atom. The Morgan fingerprint density at radius 1 is 1.29 bits per heavy atom. The van der Waals surface area contributed by atoms with Crippen molar-refractivity contribution in [3.8, 4) is 5.75 Å². The highest BCUT2D eigenvalue weighted by Gasteiger charge is 2.21. The summed E-state index contributed by atoms with van der Waals surface area (Å²) in [6.07, 6.45) is 1.22. The van der Waals surface area contributed by atoms with Crippen molar-refractivity contribution in [2.75, 3.05) is 26.2 Å². The van der Waals surface area contributed by atoms with Crippen LogP contribution in [0.4, 0.5) is 4.39 Å². The van der Waals surface area contributed by atoms with Crippen LogP contribution in [0.5, 0.6) is 5.75 Å².